The van der Waals surface area contributed by atoms with Gasteiger partial charge in [-0.3, -0.25) is 4.21 Å². The Hall–Kier alpha value is -1.03. The van der Waals surface area contributed by atoms with Gasteiger partial charge >= 0.3 is 0 Å². The molecule has 0 saturated carbocycles. The number of benzene rings is 1. The maximum absolute atomic E-state index is 11.4. The maximum atomic E-state index is 11.4. The second-order valence-electron chi connectivity index (χ2n) is 4.67. The van der Waals surface area contributed by atoms with E-state index in [1.54, 1.807) is 0 Å². The van der Waals surface area contributed by atoms with E-state index in [-0.39, 0.29) is 0 Å². The maximum Gasteiger partial charge on any atom is 0.0420 e. The van der Waals surface area contributed by atoms with Gasteiger partial charge in [-0.1, -0.05) is 6.07 Å². The first kappa shape index (κ1) is 11.1. The summed E-state index contributed by atoms with van der Waals surface area (Å²) in [6, 6.07) is 6.50. The van der Waals surface area contributed by atoms with E-state index in [1.165, 1.54) is 23.4 Å². The summed E-state index contributed by atoms with van der Waals surface area (Å²) in [6.45, 7) is 2.95. The fourth-order valence-electron chi connectivity index (χ4n) is 2.67. The SMILES string of the molecule is O=S1CCN(c2cccc3c2CCCN3)CC1. The third-order valence-electron chi connectivity index (χ3n) is 3.59. The monoisotopic (exact) mass is 250 g/mol. The zero-order chi connectivity index (χ0) is 11.7. The summed E-state index contributed by atoms with van der Waals surface area (Å²) in [5.74, 6) is 1.63. The molecule has 1 fully saturated rings. The lowest BCUT2D eigenvalue weighted by molar-refractivity contribution is 0.672. The van der Waals surface area contributed by atoms with Crippen molar-refractivity contribution in [2.45, 2.75) is 12.8 Å². The van der Waals surface area contributed by atoms with Crippen LogP contribution in [0.15, 0.2) is 18.2 Å². The van der Waals surface area contributed by atoms with Crippen molar-refractivity contribution in [3.63, 3.8) is 0 Å². The van der Waals surface area contributed by atoms with Crippen LogP contribution in [0, 0.1) is 0 Å². The summed E-state index contributed by atoms with van der Waals surface area (Å²) in [6.07, 6.45) is 2.38. The molecule has 1 aromatic rings. The molecule has 1 saturated heterocycles. The van der Waals surface area contributed by atoms with E-state index in [2.05, 4.69) is 28.4 Å². The molecule has 0 bridgehead atoms. The Labute approximate surface area is 105 Å². The molecule has 0 aliphatic carbocycles. The summed E-state index contributed by atoms with van der Waals surface area (Å²) in [5.41, 5.74) is 4.10. The van der Waals surface area contributed by atoms with Crippen molar-refractivity contribution in [2.24, 2.45) is 0 Å². The zero-order valence-corrected chi connectivity index (χ0v) is 10.8. The molecule has 2 aliphatic heterocycles. The van der Waals surface area contributed by atoms with Crippen molar-refractivity contribution in [1.29, 1.82) is 0 Å². The third kappa shape index (κ3) is 2.18. The first-order valence-electron chi connectivity index (χ1n) is 6.30. The van der Waals surface area contributed by atoms with Gasteiger partial charge in [-0.15, -0.1) is 0 Å². The molecular weight excluding hydrogens is 232 g/mol. The van der Waals surface area contributed by atoms with Gasteiger partial charge in [0.15, 0.2) is 0 Å². The van der Waals surface area contributed by atoms with Crippen LogP contribution in [0.4, 0.5) is 11.4 Å². The summed E-state index contributed by atoms with van der Waals surface area (Å²) in [7, 11) is -0.594. The second kappa shape index (κ2) is 4.69. The van der Waals surface area contributed by atoms with Crippen molar-refractivity contribution < 1.29 is 4.21 Å². The normalized spacial score (nSPS) is 20.8. The molecule has 0 atom stereocenters. The van der Waals surface area contributed by atoms with E-state index in [0.29, 0.717) is 0 Å². The highest BCUT2D eigenvalue weighted by atomic mass is 32.2. The second-order valence-corrected chi connectivity index (χ2v) is 6.36. The first-order chi connectivity index (χ1) is 8.34. The van der Waals surface area contributed by atoms with Crippen LogP contribution < -0.4 is 10.2 Å². The zero-order valence-electron chi connectivity index (χ0n) is 9.95. The van der Waals surface area contributed by atoms with Crippen molar-refractivity contribution >= 4 is 22.2 Å². The van der Waals surface area contributed by atoms with Crippen molar-refractivity contribution in [3.8, 4) is 0 Å². The van der Waals surface area contributed by atoms with Gasteiger partial charge in [0.1, 0.15) is 0 Å². The molecule has 3 nitrogen and oxygen atoms in total. The molecule has 2 aliphatic rings. The predicted molar refractivity (Wildman–Crippen MR) is 73.3 cm³/mol. The van der Waals surface area contributed by atoms with Crippen LogP contribution in [0.2, 0.25) is 0 Å². The van der Waals surface area contributed by atoms with E-state index in [1.807, 2.05) is 0 Å². The van der Waals surface area contributed by atoms with Gasteiger partial charge in [0.05, 0.1) is 0 Å². The van der Waals surface area contributed by atoms with Crippen molar-refractivity contribution in [1.82, 2.24) is 0 Å². The Morgan fingerprint density at radius 2 is 2.06 bits per heavy atom. The van der Waals surface area contributed by atoms with Crippen LogP contribution in [0.25, 0.3) is 0 Å². The molecule has 0 amide bonds. The van der Waals surface area contributed by atoms with Crippen LogP contribution in [-0.4, -0.2) is 35.3 Å². The van der Waals surface area contributed by atoms with E-state index >= 15 is 0 Å². The fourth-order valence-corrected chi connectivity index (χ4v) is 3.72. The molecular formula is C13H18N2OS. The Morgan fingerprint density at radius 1 is 1.24 bits per heavy atom. The van der Waals surface area contributed by atoms with Crippen LogP contribution in [0.1, 0.15) is 12.0 Å². The lowest BCUT2D eigenvalue weighted by Gasteiger charge is -2.32. The molecule has 0 unspecified atom stereocenters. The van der Waals surface area contributed by atoms with E-state index in [0.717, 1.165) is 37.6 Å². The minimum atomic E-state index is -0.594. The number of anilines is 2. The molecule has 0 radical (unpaired) electrons. The molecule has 0 aromatic heterocycles. The molecule has 1 N–H and O–H groups in total. The van der Waals surface area contributed by atoms with Crippen LogP contribution in [0.3, 0.4) is 0 Å². The lowest BCUT2D eigenvalue weighted by Crippen LogP contribution is -2.38. The largest absolute Gasteiger partial charge is 0.385 e. The van der Waals surface area contributed by atoms with E-state index in [9.17, 15) is 4.21 Å². The molecule has 0 spiro atoms. The number of hydrogen-bond donors (Lipinski definition) is 1. The highest BCUT2D eigenvalue weighted by Gasteiger charge is 2.20. The van der Waals surface area contributed by atoms with Crippen molar-refractivity contribution in [3.05, 3.63) is 23.8 Å². The van der Waals surface area contributed by atoms with Gasteiger partial charge in [0.2, 0.25) is 0 Å². The van der Waals surface area contributed by atoms with Crippen LogP contribution >= 0.6 is 0 Å². The van der Waals surface area contributed by atoms with Crippen LogP contribution in [-0.2, 0) is 17.2 Å². The van der Waals surface area contributed by atoms with E-state index in [4.69, 9.17) is 0 Å². The van der Waals surface area contributed by atoms with Gasteiger partial charge in [0, 0.05) is 53.3 Å². The Balaban J connectivity index is 1.89. The van der Waals surface area contributed by atoms with Gasteiger partial charge in [-0.25, -0.2) is 0 Å². The minimum absolute atomic E-state index is 0.594. The third-order valence-corrected chi connectivity index (χ3v) is 4.86. The number of rotatable bonds is 1. The Kier molecular flexibility index (Phi) is 3.05. The number of nitrogens with one attached hydrogen (secondary N) is 1. The standard InChI is InChI=1S/C13H18N2OS/c16-17-9-7-15(8-10-17)13-5-1-4-12-11(13)3-2-6-14-12/h1,4-5,14H,2-3,6-10H2. The quantitative estimate of drug-likeness (QED) is 0.822. The average molecular weight is 250 g/mol. The topological polar surface area (TPSA) is 32.3 Å². The molecule has 17 heavy (non-hydrogen) atoms. The Morgan fingerprint density at radius 3 is 2.88 bits per heavy atom. The highest BCUT2D eigenvalue weighted by Crippen LogP contribution is 2.31. The summed E-state index contributed by atoms with van der Waals surface area (Å²) < 4.78 is 11.4. The summed E-state index contributed by atoms with van der Waals surface area (Å²) >= 11 is 0. The fraction of sp³-hybridized carbons (Fsp3) is 0.538. The number of nitrogens with zero attached hydrogens (tertiary/aromatic N) is 1. The first-order valence-corrected chi connectivity index (χ1v) is 7.79. The molecule has 3 rings (SSSR count). The lowest BCUT2D eigenvalue weighted by atomic mass is 10.0. The van der Waals surface area contributed by atoms with Gasteiger partial charge in [0.25, 0.3) is 0 Å². The summed E-state index contributed by atoms with van der Waals surface area (Å²) in [5, 5.41) is 3.46. The Bertz CT molecular complexity index is 437. The molecule has 4 heteroatoms. The average Bonchev–Trinajstić information content (AvgIpc) is 2.39. The van der Waals surface area contributed by atoms with E-state index < -0.39 is 10.8 Å². The number of hydrogen-bond acceptors (Lipinski definition) is 3. The van der Waals surface area contributed by atoms with Crippen molar-refractivity contribution in [2.75, 3.05) is 41.4 Å². The smallest absolute Gasteiger partial charge is 0.0420 e. The summed E-state index contributed by atoms with van der Waals surface area (Å²) in [4.78, 5) is 2.40. The van der Waals surface area contributed by atoms with Gasteiger partial charge in [-0.2, -0.15) is 0 Å². The molecule has 92 valence electrons. The number of fused-ring (bicyclic) bond motifs is 1. The minimum Gasteiger partial charge on any atom is -0.385 e. The van der Waals surface area contributed by atoms with Crippen LogP contribution in [0.5, 0.6) is 0 Å². The predicted octanol–water partition coefficient (Wildman–Crippen LogP) is 1.61. The van der Waals surface area contributed by atoms with Gasteiger partial charge < -0.3 is 10.2 Å². The molecule has 2 heterocycles. The van der Waals surface area contributed by atoms with Gasteiger partial charge in [-0.05, 0) is 30.5 Å². The highest BCUT2D eigenvalue weighted by molar-refractivity contribution is 7.85. The molecule has 1 aromatic carbocycles.